The van der Waals surface area contributed by atoms with Gasteiger partial charge < -0.3 is 10.1 Å². The first-order valence-corrected chi connectivity index (χ1v) is 5.27. The molecule has 1 aromatic heterocycles. The molecule has 1 aromatic carbocycles. The predicted molar refractivity (Wildman–Crippen MR) is 63.3 cm³/mol. The van der Waals surface area contributed by atoms with Gasteiger partial charge in [-0.1, -0.05) is 0 Å². The molecule has 2 N–H and O–H groups in total. The lowest BCUT2D eigenvalue weighted by Gasteiger charge is -2.05. The molecule has 2 rings (SSSR count). The van der Waals surface area contributed by atoms with Crippen LogP contribution in [-0.4, -0.2) is 24.4 Å². The van der Waals surface area contributed by atoms with Crippen LogP contribution in [0.25, 0.3) is 11.3 Å². The van der Waals surface area contributed by atoms with Crippen LogP contribution in [0.2, 0.25) is 0 Å². The van der Waals surface area contributed by atoms with E-state index in [4.69, 9.17) is 4.74 Å². The first-order valence-electron chi connectivity index (χ1n) is 5.27. The van der Waals surface area contributed by atoms with Crippen molar-refractivity contribution in [2.75, 3.05) is 14.2 Å². The minimum atomic E-state index is -0.380. The summed E-state index contributed by atoms with van der Waals surface area (Å²) in [7, 11) is 3.30. The van der Waals surface area contributed by atoms with Gasteiger partial charge in [0.05, 0.1) is 19.0 Å². The van der Waals surface area contributed by atoms with Crippen molar-refractivity contribution in [3.05, 3.63) is 35.8 Å². The molecule has 0 unspecified atom stereocenters. The number of hydrogen-bond donors (Lipinski definition) is 2. The van der Waals surface area contributed by atoms with E-state index in [1.165, 1.54) is 13.2 Å². The maximum atomic E-state index is 13.6. The van der Waals surface area contributed by atoms with E-state index in [0.29, 0.717) is 6.54 Å². The highest BCUT2D eigenvalue weighted by molar-refractivity contribution is 5.63. The van der Waals surface area contributed by atoms with E-state index in [9.17, 15) is 4.39 Å². The van der Waals surface area contributed by atoms with E-state index in [1.807, 2.05) is 7.05 Å². The number of methoxy groups -OCH3 is 1. The van der Waals surface area contributed by atoms with Gasteiger partial charge >= 0.3 is 0 Å². The largest absolute Gasteiger partial charge is 0.494 e. The van der Waals surface area contributed by atoms with Crippen LogP contribution in [0.1, 0.15) is 5.56 Å². The van der Waals surface area contributed by atoms with Gasteiger partial charge in [0.25, 0.3) is 0 Å². The summed E-state index contributed by atoms with van der Waals surface area (Å²) in [6.45, 7) is 0.680. The van der Waals surface area contributed by atoms with Gasteiger partial charge in [0.2, 0.25) is 0 Å². The highest BCUT2D eigenvalue weighted by atomic mass is 19.1. The molecule has 0 radical (unpaired) electrons. The molecule has 0 aliphatic rings. The van der Waals surface area contributed by atoms with Crippen LogP contribution < -0.4 is 10.1 Å². The monoisotopic (exact) mass is 235 g/mol. The van der Waals surface area contributed by atoms with Crippen molar-refractivity contribution in [1.29, 1.82) is 0 Å². The van der Waals surface area contributed by atoms with Crippen LogP contribution in [0.5, 0.6) is 5.75 Å². The Morgan fingerprint density at radius 1 is 1.47 bits per heavy atom. The van der Waals surface area contributed by atoms with Gasteiger partial charge in [0.15, 0.2) is 11.6 Å². The van der Waals surface area contributed by atoms with Crippen molar-refractivity contribution in [3.63, 3.8) is 0 Å². The molecule has 17 heavy (non-hydrogen) atoms. The molecule has 0 atom stereocenters. The molecule has 5 heteroatoms. The fourth-order valence-electron chi connectivity index (χ4n) is 1.71. The van der Waals surface area contributed by atoms with Crippen molar-refractivity contribution >= 4 is 0 Å². The standard InChI is InChI=1S/C12H14FN3O/c1-14-6-9-7-15-16-12(9)8-3-4-11(17-2)10(13)5-8/h3-5,7,14H,6H2,1-2H3,(H,15,16). The van der Waals surface area contributed by atoms with E-state index in [2.05, 4.69) is 15.5 Å². The summed E-state index contributed by atoms with van der Waals surface area (Å²) >= 11 is 0. The van der Waals surface area contributed by atoms with Gasteiger partial charge in [-0.2, -0.15) is 5.10 Å². The lowest BCUT2D eigenvalue weighted by Crippen LogP contribution is -2.05. The van der Waals surface area contributed by atoms with Gasteiger partial charge in [-0.05, 0) is 25.2 Å². The number of H-pyrrole nitrogens is 1. The summed E-state index contributed by atoms with van der Waals surface area (Å²) in [5, 5.41) is 9.88. The average molecular weight is 235 g/mol. The van der Waals surface area contributed by atoms with Crippen molar-refractivity contribution in [2.24, 2.45) is 0 Å². The lowest BCUT2D eigenvalue weighted by molar-refractivity contribution is 0.386. The molecule has 0 spiro atoms. The number of halogens is 1. The third kappa shape index (κ3) is 2.29. The molecule has 90 valence electrons. The lowest BCUT2D eigenvalue weighted by atomic mass is 10.1. The van der Waals surface area contributed by atoms with Gasteiger partial charge in [-0.15, -0.1) is 0 Å². The van der Waals surface area contributed by atoms with Gasteiger partial charge in [0, 0.05) is 17.7 Å². The number of hydrogen-bond acceptors (Lipinski definition) is 3. The summed E-state index contributed by atoms with van der Waals surface area (Å²) in [6, 6.07) is 4.84. The molecular formula is C12H14FN3O. The maximum absolute atomic E-state index is 13.6. The second-order valence-electron chi connectivity index (χ2n) is 3.65. The Kier molecular flexibility index (Phi) is 3.39. The fraction of sp³-hybridized carbons (Fsp3) is 0.250. The summed E-state index contributed by atoms with van der Waals surface area (Å²) in [6.07, 6.45) is 1.73. The molecule has 2 aromatic rings. The first kappa shape index (κ1) is 11.6. The zero-order valence-corrected chi connectivity index (χ0v) is 9.75. The SMILES string of the molecule is CNCc1cn[nH]c1-c1ccc(OC)c(F)c1. The van der Waals surface area contributed by atoms with E-state index in [1.54, 1.807) is 18.3 Å². The van der Waals surface area contributed by atoms with Crippen molar-refractivity contribution < 1.29 is 9.13 Å². The van der Waals surface area contributed by atoms with E-state index in [-0.39, 0.29) is 11.6 Å². The number of nitrogens with zero attached hydrogens (tertiary/aromatic N) is 1. The highest BCUT2D eigenvalue weighted by Gasteiger charge is 2.10. The molecule has 0 saturated heterocycles. The van der Waals surface area contributed by atoms with Crippen LogP contribution in [0.3, 0.4) is 0 Å². The molecule has 0 aliphatic carbocycles. The Labute approximate surface area is 98.8 Å². The summed E-state index contributed by atoms with van der Waals surface area (Å²) in [4.78, 5) is 0. The van der Waals surface area contributed by atoms with Crippen LogP contribution in [0.4, 0.5) is 4.39 Å². The third-order valence-corrected chi connectivity index (χ3v) is 2.53. The molecule has 0 saturated carbocycles. The number of ether oxygens (including phenoxy) is 1. The molecule has 0 aliphatic heterocycles. The van der Waals surface area contributed by atoms with Crippen LogP contribution in [0, 0.1) is 5.82 Å². The number of benzene rings is 1. The normalized spacial score (nSPS) is 10.5. The maximum Gasteiger partial charge on any atom is 0.165 e. The van der Waals surface area contributed by atoms with Crippen LogP contribution >= 0.6 is 0 Å². The first-order chi connectivity index (χ1) is 8.26. The van der Waals surface area contributed by atoms with Gasteiger partial charge in [-0.25, -0.2) is 4.39 Å². The Bertz CT molecular complexity index is 510. The Balaban J connectivity index is 2.39. The van der Waals surface area contributed by atoms with Crippen molar-refractivity contribution in [1.82, 2.24) is 15.5 Å². The van der Waals surface area contributed by atoms with Crippen molar-refractivity contribution in [2.45, 2.75) is 6.54 Å². The minimum Gasteiger partial charge on any atom is -0.494 e. The molecule has 4 nitrogen and oxygen atoms in total. The Morgan fingerprint density at radius 2 is 2.29 bits per heavy atom. The van der Waals surface area contributed by atoms with Gasteiger partial charge in [-0.3, -0.25) is 5.10 Å². The summed E-state index contributed by atoms with van der Waals surface area (Å²) in [5.74, 6) is -0.140. The fourth-order valence-corrected chi connectivity index (χ4v) is 1.71. The quantitative estimate of drug-likeness (QED) is 0.851. The summed E-state index contributed by atoms with van der Waals surface area (Å²) < 4.78 is 18.5. The number of rotatable bonds is 4. The number of aromatic nitrogens is 2. The van der Waals surface area contributed by atoms with E-state index >= 15 is 0 Å². The molecule has 0 amide bonds. The second kappa shape index (κ2) is 4.97. The van der Waals surface area contributed by atoms with Crippen molar-refractivity contribution in [3.8, 4) is 17.0 Å². The smallest absolute Gasteiger partial charge is 0.165 e. The minimum absolute atomic E-state index is 0.239. The zero-order valence-electron chi connectivity index (χ0n) is 9.75. The van der Waals surface area contributed by atoms with E-state index < -0.39 is 0 Å². The average Bonchev–Trinajstić information content (AvgIpc) is 2.78. The van der Waals surface area contributed by atoms with E-state index in [0.717, 1.165) is 16.8 Å². The second-order valence-corrected chi connectivity index (χ2v) is 3.65. The Hall–Kier alpha value is -1.88. The molecule has 0 bridgehead atoms. The highest BCUT2D eigenvalue weighted by Crippen LogP contribution is 2.26. The van der Waals surface area contributed by atoms with Crippen LogP contribution in [0.15, 0.2) is 24.4 Å². The number of aromatic amines is 1. The van der Waals surface area contributed by atoms with Crippen LogP contribution in [-0.2, 0) is 6.54 Å². The Morgan fingerprint density at radius 3 is 2.94 bits per heavy atom. The van der Waals surface area contributed by atoms with Gasteiger partial charge in [0.1, 0.15) is 0 Å². The zero-order chi connectivity index (χ0) is 12.3. The third-order valence-electron chi connectivity index (χ3n) is 2.53. The number of nitrogens with one attached hydrogen (secondary N) is 2. The topological polar surface area (TPSA) is 49.9 Å². The molecular weight excluding hydrogens is 221 g/mol. The molecule has 0 fully saturated rings. The molecule has 1 heterocycles. The predicted octanol–water partition coefficient (Wildman–Crippen LogP) is 1.94. The summed E-state index contributed by atoms with van der Waals surface area (Å²) in [5.41, 5.74) is 2.57.